The Kier molecular flexibility index (Phi) is 50.4. The zero-order valence-corrected chi connectivity index (χ0v) is 42.7. The molecule has 0 aliphatic carbocycles. The third-order valence-corrected chi connectivity index (χ3v) is 13.3. The van der Waals surface area contributed by atoms with Crippen molar-refractivity contribution >= 4 is 11.9 Å². The van der Waals surface area contributed by atoms with Crippen molar-refractivity contribution in [3.05, 3.63) is 12.2 Å². The Morgan fingerprint density at radius 1 is 0.444 bits per heavy atom. The van der Waals surface area contributed by atoms with E-state index in [-0.39, 0.29) is 24.9 Å². The Hall–Kier alpha value is -1.40. The summed E-state index contributed by atoms with van der Waals surface area (Å²) < 4.78 is 5.94. The standard InChI is InChI=1S/C57H111NO5/c1-4-7-10-13-16-19-22-24-26-28-29-31-33-35-38-41-44-47-50-57(62)63-53(48-45-42-39-36-21-18-15-12-9-6-3)51-56(61)58-54(52-59)55(60)49-46-43-40-37-34-32-30-27-25-23-20-17-14-11-8-5-2/h18,21,53-55,59-60H,4-17,19-20,22-52H2,1-3H3,(H,58,61)/b21-18-. The van der Waals surface area contributed by atoms with Crippen LogP contribution in [0.25, 0.3) is 0 Å². The number of carbonyl (C=O) groups excluding carboxylic acids is 2. The first-order valence-corrected chi connectivity index (χ1v) is 28.4. The Morgan fingerprint density at radius 2 is 0.762 bits per heavy atom. The average Bonchev–Trinajstić information content (AvgIpc) is 3.28. The predicted octanol–water partition coefficient (Wildman–Crippen LogP) is 17.3. The molecule has 0 aliphatic rings. The summed E-state index contributed by atoms with van der Waals surface area (Å²) >= 11 is 0. The molecule has 0 fully saturated rings. The minimum Gasteiger partial charge on any atom is -0.462 e. The Labute approximate surface area is 393 Å². The van der Waals surface area contributed by atoms with Gasteiger partial charge in [0.2, 0.25) is 5.91 Å². The van der Waals surface area contributed by atoms with E-state index in [4.69, 9.17) is 4.74 Å². The van der Waals surface area contributed by atoms with Crippen molar-refractivity contribution in [2.24, 2.45) is 0 Å². The molecule has 1 amide bonds. The number of allylic oxidation sites excluding steroid dienone is 2. The summed E-state index contributed by atoms with van der Waals surface area (Å²) in [4.78, 5) is 26.2. The average molecular weight is 891 g/mol. The minimum absolute atomic E-state index is 0.0739. The fraction of sp³-hybridized carbons (Fsp3) is 0.930. The zero-order valence-electron chi connectivity index (χ0n) is 42.7. The molecule has 0 saturated heterocycles. The second-order valence-corrected chi connectivity index (χ2v) is 19.7. The Bertz CT molecular complexity index is 955. The van der Waals surface area contributed by atoms with Gasteiger partial charge in [-0.3, -0.25) is 9.59 Å². The summed E-state index contributed by atoms with van der Waals surface area (Å²) in [6.07, 6.45) is 58.6. The van der Waals surface area contributed by atoms with Crippen molar-refractivity contribution in [3.63, 3.8) is 0 Å². The van der Waals surface area contributed by atoms with Crippen LogP contribution in [-0.2, 0) is 14.3 Å². The summed E-state index contributed by atoms with van der Waals surface area (Å²) in [5, 5.41) is 23.8. The lowest BCUT2D eigenvalue weighted by Gasteiger charge is -2.24. The molecule has 0 radical (unpaired) electrons. The van der Waals surface area contributed by atoms with Gasteiger partial charge in [0.1, 0.15) is 6.10 Å². The molecule has 0 aliphatic heterocycles. The van der Waals surface area contributed by atoms with Gasteiger partial charge in [0.05, 0.1) is 25.2 Å². The lowest BCUT2D eigenvalue weighted by atomic mass is 10.0. The van der Waals surface area contributed by atoms with Crippen LogP contribution in [0.15, 0.2) is 12.2 Å². The molecular weight excluding hydrogens is 779 g/mol. The smallest absolute Gasteiger partial charge is 0.306 e. The predicted molar refractivity (Wildman–Crippen MR) is 273 cm³/mol. The fourth-order valence-corrected chi connectivity index (χ4v) is 9.02. The van der Waals surface area contributed by atoms with Gasteiger partial charge in [-0.05, 0) is 51.4 Å². The van der Waals surface area contributed by atoms with E-state index < -0.39 is 18.2 Å². The number of aliphatic hydroxyl groups excluding tert-OH is 2. The number of hydrogen-bond donors (Lipinski definition) is 3. The van der Waals surface area contributed by atoms with Gasteiger partial charge in [0.25, 0.3) is 0 Å². The van der Waals surface area contributed by atoms with Crippen LogP contribution in [0, 0.1) is 0 Å². The van der Waals surface area contributed by atoms with Crippen molar-refractivity contribution < 1.29 is 24.5 Å². The number of aliphatic hydroxyl groups is 2. The second kappa shape index (κ2) is 51.6. The van der Waals surface area contributed by atoms with Crippen LogP contribution in [0.1, 0.15) is 316 Å². The van der Waals surface area contributed by atoms with Crippen LogP contribution in [0.3, 0.4) is 0 Å². The highest BCUT2D eigenvalue weighted by Crippen LogP contribution is 2.19. The van der Waals surface area contributed by atoms with Crippen molar-refractivity contribution in [2.75, 3.05) is 6.61 Å². The normalized spacial score (nSPS) is 13.2. The van der Waals surface area contributed by atoms with Gasteiger partial charge in [-0.25, -0.2) is 0 Å². The Morgan fingerprint density at radius 3 is 1.16 bits per heavy atom. The van der Waals surface area contributed by atoms with Crippen LogP contribution in [0.4, 0.5) is 0 Å². The van der Waals surface area contributed by atoms with E-state index in [1.807, 2.05) is 0 Å². The third-order valence-electron chi connectivity index (χ3n) is 13.3. The molecule has 6 heteroatoms. The summed E-state index contributed by atoms with van der Waals surface area (Å²) in [7, 11) is 0. The molecule has 0 heterocycles. The third kappa shape index (κ3) is 46.9. The van der Waals surface area contributed by atoms with Gasteiger partial charge >= 0.3 is 5.97 Å². The van der Waals surface area contributed by atoms with Crippen LogP contribution in [0.2, 0.25) is 0 Å². The lowest BCUT2D eigenvalue weighted by Crippen LogP contribution is -2.46. The first-order chi connectivity index (χ1) is 31.0. The number of rotatable bonds is 52. The maximum atomic E-state index is 13.2. The van der Waals surface area contributed by atoms with E-state index in [1.165, 1.54) is 205 Å². The van der Waals surface area contributed by atoms with Crippen molar-refractivity contribution in [1.82, 2.24) is 5.32 Å². The Balaban J connectivity index is 4.39. The highest BCUT2D eigenvalue weighted by atomic mass is 16.5. The van der Waals surface area contributed by atoms with Crippen LogP contribution in [0.5, 0.6) is 0 Å². The van der Waals surface area contributed by atoms with E-state index in [0.29, 0.717) is 19.3 Å². The van der Waals surface area contributed by atoms with Gasteiger partial charge in [-0.2, -0.15) is 0 Å². The molecule has 0 spiro atoms. The van der Waals surface area contributed by atoms with E-state index in [2.05, 4.69) is 38.2 Å². The molecule has 3 unspecified atom stereocenters. The van der Waals surface area contributed by atoms with Crippen LogP contribution < -0.4 is 5.32 Å². The summed E-state index contributed by atoms with van der Waals surface area (Å²) in [6, 6.07) is -0.700. The largest absolute Gasteiger partial charge is 0.462 e. The van der Waals surface area contributed by atoms with Gasteiger partial charge in [-0.15, -0.1) is 0 Å². The topological polar surface area (TPSA) is 95.9 Å². The number of nitrogens with one attached hydrogen (secondary N) is 1. The molecule has 0 aromatic rings. The molecule has 0 aromatic carbocycles. The second-order valence-electron chi connectivity index (χ2n) is 19.7. The summed E-state index contributed by atoms with van der Waals surface area (Å²) in [6.45, 7) is 6.49. The van der Waals surface area contributed by atoms with Gasteiger partial charge < -0.3 is 20.3 Å². The zero-order chi connectivity index (χ0) is 45.9. The number of amides is 1. The van der Waals surface area contributed by atoms with E-state index in [1.54, 1.807) is 0 Å². The molecular formula is C57H111NO5. The number of hydrogen-bond acceptors (Lipinski definition) is 5. The van der Waals surface area contributed by atoms with Crippen molar-refractivity contribution in [1.29, 1.82) is 0 Å². The molecule has 6 nitrogen and oxygen atoms in total. The van der Waals surface area contributed by atoms with Crippen molar-refractivity contribution in [2.45, 2.75) is 334 Å². The molecule has 0 rings (SSSR count). The summed E-state index contributed by atoms with van der Waals surface area (Å²) in [5.74, 6) is -0.470. The van der Waals surface area contributed by atoms with Crippen LogP contribution >= 0.6 is 0 Å². The highest BCUT2D eigenvalue weighted by molar-refractivity contribution is 5.77. The summed E-state index contributed by atoms with van der Waals surface area (Å²) in [5.41, 5.74) is 0. The lowest BCUT2D eigenvalue weighted by molar-refractivity contribution is -0.151. The fourth-order valence-electron chi connectivity index (χ4n) is 9.02. The van der Waals surface area contributed by atoms with Gasteiger partial charge in [0, 0.05) is 6.42 Å². The molecule has 0 aromatic heterocycles. The molecule has 0 bridgehead atoms. The van der Waals surface area contributed by atoms with Gasteiger partial charge in [-0.1, -0.05) is 264 Å². The highest BCUT2D eigenvalue weighted by Gasteiger charge is 2.24. The van der Waals surface area contributed by atoms with Crippen molar-refractivity contribution in [3.8, 4) is 0 Å². The maximum absolute atomic E-state index is 13.2. The monoisotopic (exact) mass is 890 g/mol. The quantitative estimate of drug-likeness (QED) is 0.0321. The van der Waals surface area contributed by atoms with E-state index in [0.717, 1.165) is 64.2 Å². The molecule has 374 valence electrons. The molecule has 3 N–H and O–H groups in total. The van der Waals surface area contributed by atoms with E-state index >= 15 is 0 Å². The number of carbonyl (C=O) groups is 2. The minimum atomic E-state index is -0.786. The first-order valence-electron chi connectivity index (χ1n) is 28.4. The van der Waals surface area contributed by atoms with E-state index in [9.17, 15) is 19.8 Å². The SMILES string of the molecule is CCCCC/C=C\CCCCCC(CC(=O)NC(CO)C(O)CCCCCCCCCCCCCCCCCC)OC(=O)CCCCCCCCCCCCCCCCCCCC. The molecule has 63 heavy (non-hydrogen) atoms. The molecule has 0 saturated carbocycles. The number of esters is 1. The number of unbranched alkanes of at least 4 members (excludes halogenated alkanes) is 38. The first kappa shape index (κ1) is 61.6. The van der Waals surface area contributed by atoms with Gasteiger partial charge in [0.15, 0.2) is 0 Å². The maximum Gasteiger partial charge on any atom is 0.306 e. The number of ether oxygens (including phenoxy) is 1. The molecule has 3 atom stereocenters. The van der Waals surface area contributed by atoms with Crippen LogP contribution in [-0.4, -0.2) is 46.9 Å².